The van der Waals surface area contributed by atoms with Gasteiger partial charge in [0, 0.05) is 25.2 Å². The number of carboxylic acids is 1. The second-order valence-corrected chi connectivity index (χ2v) is 4.81. The number of hydrogen-bond donors (Lipinski definition) is 1. The zero-order valence-corrected chi connectivity index (χ0v) is 10.6. The van der Waals surface area contributed by atoms with Crippen LogP contribution in [0.5, 0.6) is 5.75 Å². The van der Waals surface area contributed by atoms with E-state index in [1.807, 2.05) is 4.90 Å². The number of para-hydroxylation sites is 1. The Morgan fingerprint density at radius 1 is 1.35 bits per heavy atom. The molecular formula is C13H14F3NO3. The predicted octanol–water partition coefficient (Wildman–Crippen LogP) is 2.49. The third-order valence-electron chi connectivity index (χ3n) is 3.09. The molecule has 0 unspecified atom stereocenters. The summed E-state index contributed by atoms with van der Waals surface area (Å²) in [6.45, 7) is 1.47. The largest absolute Gasteiger partial charge is 0.573 e. The number of benzene rings is 1. The van der Waals surface area contributed by atoms with E-state index in [4.69, 9.17) is 5.11 Å². The van der Waals surface area contributed by atoms with Crippen molar-refractivity contribution in [2.45, 2.75) is 19.3 Å². The highest BCUT2D eigenvalue weighted by atomic mass is 19.4. The van der Waals surface area contributed by atoms with E-state index in [2.05, 4.69) is 4.74 Å². The highest BCUT2D eigenvalue weighted by molar-refractivity contribution is 5.67. The van der Waals surface area contributed by atoms with Crippen LogP contribution in [0.4, 0.5) is 13.2 Å². The van der Waals surface area contributed by atoms with Crippen molar-refractivity contribution >= 4 is 5.97 Å². The molecule has 1 fully saturated rings. The summed E-state index contributed by atoms with van der Waals surface area (Å²) in [5.74, 6) is -0.986. The summed E-state index contributed by atoms with van der Waals surface area (Å²) in [6, 6.07) is 5.98. The first-order valence-electron chi connectivity index (χ1n) is 6.11. The molecule has 0 aliphatic carbocycles. The van der Waals surface area contributed by atoms with Crippen molar-refractivity contribution in [2.24, 2.45) is 5.92 Å². The number of likely N-dealkylation sites (tertiary alicyclic amines) is 1. The molecule has 0 aromatic heterocycles. The fourth-order valence-electron chi connectivity index (χ4n) is 2.28. The minimum atomic E-state index is -4.71. The van der Waals surface area contributed by atoms with E-state index in [0.717, 1.165) is 0 Å². The van der Waals surface area contributed by atoms with Crippen molar-refractivity contribution < 1.29 is 27.8 Å². The van der Waals surface area contributed by atoms with Crippen LogP contribution in [0.3, 0.4) is 0 Å². The maximum Gasteiger partial charge on any atom is 0.573 e. The minimum absolute atomic E-state index is 0.0724. The number of nitrogens with zero attached hydrogens (tertiary/aromatic N) is 1. The highest BCUT2D eigenvalue weighted by Gasteiger charge is 2.33. The molecular weight excluding hydrogens is 275 g/mol. The molecule has 0 amide bonds. The van der Waals surface area contributed by atoms with Gasteiger partial charge in [0.15, 0.2) is 0 Å². The van der Waals surface area contributed by atoms with E-state index in [1.165, 1.54) is 12.1 Å². The van der Waals surface area contributed by atoms with Crippen LogP contribution >= 0.6 is 0 Å². The molecule has 0 atom stereocenters. The van der Waals surface area contributed by atoms with Gasteiger partial charge in [-0.1, -0.05) is 18.2 Å². The van der Waals surface area contributed by atoms with Crippen LogP contribution in [-0.4, -0.2) is 35.4 Å². The molecule has 0 radical (unpaired) electrons. The van der Waals surface area contributed by atoms with Crippen LogP contribution in [0, 0.1) is 5.92 Å². The van der Waals surface area contributed by atoms with Gasteiger partial charge in [0.05, 0.1) is 6.42 Å². The van der Waals surface area contributed by atoms with Gasteiger partial charge in [0.1, 0.15) is 5.75 Å². The lowest BCUT2D eigenvalue weighted by Gasteiger charge is -2.38. The van der Waals surface area contributed by atoms with Gasteiger partial charge in [-0.2, -0.15) is 0 Å². The summed E-state index contributed by atoms with van der Waals surface area (Å²) in [5, 5.41) is 8.63. The summed E-state index contributed by atoms with van der Waals surface area (Å²) < 4.78 is 40.8. The Hall–Kier alpha value is -1.76. The monoisotopic (exact) mass is 289 g/mol. The van der Waals surface area contributed by atoms with Crippen molar-refractivity contribution in [3.05, 3.63) is 29.8 Å². The normalized spacial score (nSPS) is 16.8. The third kappa shape index (κ3) is 4.12. The fourth-order valence-corrected chi connectivity index (χ4v) is 2.28. The van der Waals surface area contributed by atoms with Crippen molar-refractivity contribution in [3.8, 4) is 5.75 Å². The van der Waals surface area contributed by atoms with Crippen LogP contribution < -0.4 is 4.74 Å². The molecule has 1 heterocycles. The number of aliphatic carboxylic acids is 1. The van der Waals surface area contributed by atoms with Gasteiger partial charge < -0.3 is 9.84 Å². The molecule has 110 valence electrons. The predicted molar refractivity (Wildman–Crippen MR) is 64.1 cm³/mol. The molecule has 1 aliphatic heterocycles. The van der Waals surface area contributed by atoms with E-state index >= 15 is 0 Å². The number of halogens is 3. The second-order valence-electron chi connectivity index (χ2n) is 4.81. The van der Waals surface area contributed by atoms with E-state index in [9.17, 15) is 18.0 Å². The Kier molecular flexibility index (Phi) is 4.17. The van der Waals surface area contributed by atoms with Gasteiger partial charge in [-0.05, 0) is 12.0 Å². The molecule has 0 spiro atoms. The number of ether oxygens (including phenoxy) is 1. The average Bonchev–Trinajstić information content (AvgIpc) is 2.26. The Balaban J connectivity index is 1.92. The zero-order chi connectivity index (χ0) is 14.8. The molecule has 1 aromatic carbocycles. The number of rotatable bonds is 5. The van der Waals surface area contributed by atoms with Crippen molar-refractivity contribution in [1.82, 2.24) is 4.90 Å². The smallest absolute Gasteiger partial charge is 0.481 e. The molecule has 2 rings (SSSR count). The van der Waals surface area contributed by atoms with E-state index < -0.39 is 12.3 Å². The summed E-state index contributed by atoms with van der Waals surface area (Å²) in [7, 11) is 0. The topological polar surface area (TPSA) is 49.8 Å². The Morgan fingerprint density at radius 2 is 2.00 bits per heavy atom. The lowest BCUT2D eigenvalue weighted by molar-refractivity contribution is -0.275. The van der Waals surface area contributed by atoms with Crippen LogP contribution in [0.25, 0.3) is 0 Å². The van der Waals surface area contributed by atoms with E-state index in [1.54, 1.807) is 12.1 Å². The van der Waals surface area contributed by atoms with Crippen LogP contribution in [0.1, 0.15) is 12.0 Å². The lowest BCUT2D eigenvalue weighted by atomic mass is 9.95. The molecule has 4 nitrogen and oxygen atoms in total. The molecule has 1 N–H and O–H groups in total. The van der Waals surface area contributed by atoms with Gasteiger partial charge in [-0.25, -0.2) is 0 Å². The molecule has 7 heteroatoms. The van der Waals surface area contributed by atoms with Crippen molar-refractivity contribution in [1.29, 1.82) is 0 Å². The van der Waals surface area contributed by atoms with E-state index in [0.29, 0.717) is 25.2 Å². The fraction of sp³-hybridized carbons (Fsp3) is 0.462. The lowest BCUT2D eigenvalue weighted by Crippen LogP contribution is -2.46. The van der Waals surface area contributed by atoms with Gasteiger partial charge in [0.2, 0.25) is 0 Å². The van der Waals surface area contributed by atoms with Crippen LogP contribution in [0.2, 0.25) is 0 Å². The molecule has 0 bridgehead atoms. The van der Waals surface area contributed by atoms with Crippen molar-refractivity contribution in [3.63, 3.8) is 0 Å². The number of alkyl halides is 3. The van der Waals surface area contributed by atoms with Gasteiger partial charge in [0.25, 0.3) is 0 Å². The Bertz CT molecular complexity index is 484. The zero-order valence-electron chi connectivity index (χ0n) is 10.6. The number of carboxylic acid groups (broad SMARTS) is 1. The minimum Gasteiger partial charge on any atom is -0.481 e. The molecule has 0 saturated carbocycles. The molecule has 1 aliphatic rings. The first-order chi connectivity index (χ1) is 9.33. The summed E-state index contributed by atoms with van der Waals surface area (Å²) in [6.07, 6.45) is -4.62. The maximum absolute atomic E-state index is 12.3. The van der Waals surface area contributed by atoms with Crippen LogP contribution in [-0.2, 0) is 11.3 Å². The molecule has 20 heavy (non-hydrogen) atoms. The van der Waals surface area contributed by atoms with Gasteiger partial charge >= 0.3 is 12.3 Å². The van der Waals surface area contributed by atoms with Gasteiger partial charge in [-0.3, -0.25) is 9.69 Å². The number of hydrogen-bond acceptors (Lipinski definition) is 3. The summed E-state index contributed by atoms with van der Waals surface area (Å²) in [5.41, 5.74) is 0.443. The Morgan fingerprint density at radius 3 is 2.60 bits per heavy atom. The maximum atomic E-state index is 12.3. The first-order valence-corrected chi connectivity index (χ1v) is 6.11. The first kappa shape index (κ1) is 14.6. The summed E-state index contributed by atoms with van der Waals surface area (Å²) >= 11 is 0. The SMILES string of the molecule is O=C(O)CC1CN(Cc2ccccc2OC(F)(F)F)C1. The van der Waals surface area contributed by atoms with E-state index in [-0.39, 0.29) is 18.1 Å². The summed E-state index contributed by atoms with van der Waals surface area (Å²) in [4.78, 5) is 12.4. The quantitative estimate of drug-likeness (QED) is 0.904. The highest BCUT2D eigenvalue weighted by Crippen LogP contribution is 2.29. The molecule has 1 saturated heterocycles. The van der Waals surface area contributed by atoms with Crippen molar-refractivity contribution in [2.75, 3.05) is 13.1 Å². The average molecular weight is 289 g/mol. The standard InChI is InChI=1S/C13H14F3NO3/c14-13(15,16)20-11-4-2-1-3-10(11)8-17-6-9(7-17)5-12(18)19/h1-4,9H,5-8H2,(H,18,19). The number of carbonyl (C=O) groups is 1. The second kappa shape index (κ2) is 5.70. The third-order valence-corrected chi connectivity index (χ3v) is 3.09. The van der Waals surface area contributed by atoms with Gasteiger partial charge in [-0.15, -0.1) is 13.2 Å². The molecule has 1 aromatic rings. The Labute approximate surface area is 113 Å². The van der Waals surface area contributed by atoms with Crippen LogP contribution in [0.15, 0.2) is 24.3 Å².